The summed E-state index contributed by atoms with van der Waals surface area (Å²) in [5.41, 5.74) is -0.848. The molecular weight excluding hydrogens is 387 g/mol. The van der Waals surface area contributed by atoms with Crippen molar-refractivity contribution in [3.63, 3.8) is 0 Å². The van der Waals surface area contributed by atoms with Crippen molar-refractivity contribution in [3.8, 4) is 0 Å². The lowest BCUT2D eigenvalue weighted by molar-refractivity contribution is -0.137. The number of hydrogen-bond acceptors (Lipinski definition) is 4. The third kappa shape index (κ3) is 4.51. The number of nitrogens with one attached hydrogen (secondary N) is 3. The highest BCUT2D eigenvalue weighted by Gasteiger charge is 2.31. The fourth-order valence-corrected chi connectivity index (χ4v) is 3.03. The molecule has 0 bridgehead atoms. The fourth-order valence-electron chi connectivity index (χ4n) is 2.82. The second-order valence-electron chi connectivity index (χ2n) is 6.01. The second-order valence-corrected chi connectivity index (χ2v) is 6.38. The Morgan fingerprint density at radius 1 is 1.37 bits per heavy atom. The third-order valence-electron chi connectivity index (χ3n) is 4.09. The van der Waals surface area contributed by atoms with E-state index < -0.39 is 23.3 Å². The van der Waals surface area contributed by atoms with Crippen LogP contribution in [0.2, 0.25) is 5.02 Å². The molecule has 1 aliphatic rings. The van der Waals surface area contributed by atoms with Gasteiger partial charge in [0.2, 0.25) is 0 Å². The lowest BCUT2D eigenvalue weighted by atomic mass is 10.2. The molecule has 1 saturated heterocycles. The summed E-state index contributed by atoms with van der Waals surface area (Å²) in [6.45, 7) is 0.931. The molecule has 2 aromatic rings. The number of anilines is 2. The molecule has 0 aliphatic carbocycles. The van der Waals surface area contributed by atoms with Gasteiger partial charge in [-0.1, -0.05) is 17.7 Å². The van der Waals surface area contributed by atoms with Crippen LogP contribution in [0.15, 0.2) is 35.3 Å². The maximum atomic E-state index is 12.7. The highest BCUT2D eigenvalue weighted by Crippen LogP contribution is 2.30. The predicted molar refractivity (Wildman–Crippen MR) is 94.1 cm³/mol. The molecule has 3 N–H and O–H groups in total. The number of carbonyl (C=O) groups is 1. The number of aromatic amines is 1. The summed E-state index contributed by atoms with van der Waals surface area (Å²) in [4.78, 5) is 25.4. The first kappa shape index (κ1) is 19.0. The average Bonchev–Trinajstić information content (AvgIpc) is 3.05. The van der Waals surface area contributed by atoms with E-state index in [4.69, 9.17) is 11.6 Å². The zero-order valence-electron chi connectivity index (χ0n) is 13.8. The van der Waals surface area contributed by atoms with Crippen molar-refractivity contribution < 1.29 is 18.0 Å². The van der Waals surface area contributed by atoms with Crippen LogP contribution in [0.1, 0.15) is 12.0 Å². The van der Waals surface area contributed by atoms with Crippen molar-refractivity contribution >= 4 is 29.0 Å². The minimum Gasteiger partial charge on any atom is -0.367 e. The summed E-state index contributed by atoms with van der Waals surface area (Å²) < 4.78 is 38.2. The maximum absolute atomic E-state index is 12.7. The first-order valence-electron chi connectivity index (χ1n) is 7.97. The van der Waals surface area contributed by atoms with E-state index in [0.717, 1.165) is 12.1 Å². The first-order chi connectivity index (χ1) is 12.7. The molecule has 1 atom stereocenters. The Labute approximate surface area is 156 Å². The molecule has 0 unspecified atom stereocenters. The Hall–Kier alpha value is -2.75. The normalized spacial score (nSPS) is 17.0. The van der Waals surface area contributed by atoms with Gasteiger partial charge in [0, 0.05) is 24.8 Å². The minimum atomic E-state index is -4.49. The highest BCUT2D eigenvalue weighted by molar-refractivity contribution is 6.33. The van der Waals surface area contributed by atoms with Crippen LogP contribution >= 0.6 is 11.6 Å². The number of hydrogen-bond donors (Lipinski definition) is 3. The number of urea groups is 1. The molecule has 2 heterocycles. The SMILES string of the molecule is O=C(Nc1cccc(C(F)(F)F)c1)N[C@@H]1CCN(c2cn[nH]c(=O)c2Cl)C1. The van der Waals surface area contributed by atoms with E-state index in [0.29, 0.717) is 25.2 Å². The summed E-state index contributed by atoms with van der Waals surface area (Å²) in [5.74, 6) is 0. The van der Waals surface area contributed by atoms with Crippen LogP contribution in [0.5, 0.6) is 0 Å². The number of halogens is 4. The van der Waals surface area contributed by atoms with Gasteiger partial charge >= 0.3 is 12.2 Å². The first-order valence-corrected chi connectivity index (χ1v) is 8.35. The van der Waals surface area contributed by atoms with E-state index in [9.17, 15) is 22.8 Å². The van der Waals surface area contributed by atoms with Crippen LogP contribution in [0.3, 0.4) is 0 Å². The molecule has 1 aliphatic heterocycles. The molecule has 0 radical (unpaired) electrons. The Morgan fingerprint density at radius 2 is 2.15 bits per heavy atom. The van der Waals surface area contributed by atoms with Gasteiger partial charge in [-0.25, -0.2) is 9.89 Å². The zero-order chi connectivity index (χ0) is 19.6. The molecule has 0 saturated carbocycles. The van der Waals surface area contributed by atoms with Crippen molar-refractivity contribution in [1.29, 1.82) is 0 Å². The van der Waals surface area contributed by atoms with Crippen LogP contribution in [0, 0.1) is 0 Å². The van der Waals surface area contributed by atoms with Crippen LogP contribution < -0.4 is 21.1 Å². The fraction of sp³-hybridized carbons (Fsp3) is 0.312. The Bertz CT molecular complexity index is 902. The molecular formula is C16H15ClF3N5O2. The summed E-state index contributed by atoms with van der Waals surface area (Å²) in [5, 5.41) is 11.0. The topological polar surface area (TPSA) is 90.1 Å². The molecule has 27 heavy (non-hydrogen) atoms. The van der Waals surface area contributed by atoms with Crippen LogP contribution in [-0.2, 0) is 6.18 Å². The van der Waals surface area contributed by atoms with Gasteiger partial charge in [0.1, 0.15) is 5.02 Å². The third-order valence-corrected chi connectivity index (χ3v) is 4.45. The summed E-state index contributed by atoms with van der Waals surface area (Å²) in [6.07, 6.45) is -2.48. The molecule has 3 rings (SSSR count). The molecule has 2 amide bonds. The van der Waals surface area contributed by atoms with Gasteiger partial charge in [0.15, 0.2) is 0 Å². The van der Waals surface area contributed by atoms with Gasteiger partial charge in [0.05, 0.1) is 17.4 Å². The van der Waals surface area contributed by atoms with Gasteiger partial charge in [-0.15, -0.1) is 0 Å². The number of amides is 2. The number of rotatable bonds is 3. The standard InChI is InChI=1S/C16H15ClF3N5O2/c17-13-12(7-21-24-14(13)26)25-5-4-11(8-25)23-15(27)22-10-3-1-2-9(6-10)16(18,19)20/h1-3,6-7,11H,4-5,8H2,(H,24,26)(H2,22,23,27)/t11-/m1/s1. The van der Waals surface area contributed by atoms with E-state index in [1.165, 1.54) is 18.3 Å². The van der Waals surface area contributed by atoms with E-state index >= 15 is 0 Å². The lowest BCUT2D eigenvalue weighted by Crippen LogP contribution is -2.39. The number of nitrogens with zero attached hydrogens (tertiary/aromatic N) is 2. The molecule has 1 aromatic heterocycles. The van der Waals surface area contributed by atoms with Gasteiger partial charge in [-0.3, -0.25) is 4.79 Å². The minimum absolute atomic E-state index is 0.0130. The van der Waals surface area contributed by atoms with E-state index in [1.54, 1.807) is 4.90 Å². The lowest BCUT2D eigenvalue weighted by Gasteiger charge is -2.19. The Kier molecular flexibility index (Phi) is 5.26. The van der Waals surface area contributed by atoms with Crippen molar-refractivity contribution in [2.24, 2.45) is 0 Å². The highest BCUT2D eigenvalue weighted by atomic mass is 35.5. The summed E-state index contributed by atoms with van der Waals surface area (Å²) in [6, 6.07) is 3.51. The molecule has 7 nitrogen and oxygen atoms in total. The number of H-pyrrole nitrogens is 1. The van der Waals surface area contributed by atoms with Crippen LogP contribution in [-0.4, -0.2) is 35.4 Å². The average molecular weight is 402 g/mol. The maximum Gasteiger partial charge on any atom is 0.416 e. The quantitative estimate of drug-likeness (QED) is 0.737. The van der Waals surface area contributed by atoms with Gasteiger partial charge in [0.25, 0.3) is 5.56 Å². The van der Waals surface area contributed by atoms with Gasteiger partial charge in [-0.05, 0) is 24.6 Å². The predicted octanol–water partition coefficient (Wildman–Crippen LogP) is 2.84. The Balaban J connectivity index is 1.60. The van der Waals surface area contributed by atoms with E-state index in [-0.39, 0.29) is 16.8 Å². The molecule has 1 fully saturated rings. The van der Waals surface area contributed by atoms with E-state index in [2.05, 4.69) is 20.8 Å². The van der Waals surface area contributed by atoms with Crippen LogP contribution in [0.4, 0.5) is 29.3 Å². The summed E-state index contributed by atoms with van der Waals surface area (Å²) >= 11 is 5.97. The van der Waals surface area contributed by atoms with Crippen LogP contribution in [0.25, 0.3) is 0 Å². The number of carbonyl (C=O) groups excluding carboxylic acids is 1. The Morgan fingerprint density at radius 3 is 2.89 bits per heavy atom. The molecule has 0 spiro atoms. The molecule has 1 aromatic carbocycles. The summed E-state index contributed by atoms with van der Waals surface area (Å²) in [7, 11) is 0. The van der Waals surface area contributed by atoms with Crippen molar-refractivity contribution in [2.75, 3.05) is 23.3 Å². The molecule has 11 heteroatoms. The van der Waals surface area contributed by atoms with Gasteiger partial charge in [-0.2, -0.15) is 18.3 Å². The van der Waals surface area contributed by atoms with Gasteiger partial charge < -0.3 is 15.5 Å². The largest absolute Gasteiger partial charge is 0.416 e. The van der Waals surface area contributed by atoms with Crippen molar-refractivity contribution in [2.45, 2.75) is 18.6 Å². The number of alkyl halides is 3. The zero-order valence-corrected chi connectivity index (χ0v) is 14.6. The van der Waals surface area contributed by atoms with E-state index in [1.807, 2.05) is 0 Å². The number of aromatic nitrogens is 2. The smallest absolute Gasteiger partial charge is 0.367 e. The molecule has 144 valence electrons. The van der Waals surface area contributed by atoms with Crippen molar-refractivity contribution in [3.05, 3.63) is 51.4 Å². The van der Waals surface area contributed by atoms with Crippen molar-refractivity contribution in [1.82, 2.24) is 15.5 Å². The second kappa shape index (κ2) is 7.47. The number of benzene rings is 1. The monoisotopic (exact) mass is 401 g/mol.